The zero-order chi connectivity index (χ0) is 10.9. The summed E-state index contributed by atoms with van der Waals surface area (Å²) in [6.45, 7) is 8.39. The molecule has 0 spiro atoms. The number of benzene rings is 1. The predicted octanol–water partition coefficient (Wildman–Crippen LogP) is 3.61. The zero-order valence-electron chi connectivity index (χ0n) is 9.51. The van der Waals surface area contributed by atoms with Gasteiger partial charge < -0.3 is 4.74 Å². The maximum absolute atomic E-state index is 5.37. The van der Waals surface area contributed by atoms with Gasteiger partial charge in [0.25, 0.3) is 0 Å². The van der Waals surface area contributed by atoms with E-state index in [-0.39, 0.29) is 5.25 Å². The third kappa shape index (κ3) is 1.90. The Balaban J connectivity index is 3.40. The highest BCUT2D eigenvalue weighted by atomic mass is 32.1. The van der Waals surface area contributed by atoms with Crippen LogP contribution < -0.4 is 4.74 Å². The molecule has 0 radical (unpaired) electrons. The molecule has 0 aliphatic carbocycles. The maximum atomic E-state index is 5.37. The van der Waals surface area contributed by atoms with Crippen molar-refractivity contribution >= 4 is 12.6 Å². The Labute approximate surface area is 91.9 Å². The lowest BCUT2D eigenvalue weighted by Gasteiger charge is -2.17. The minimum absolute atomic E-state index is 0.276. The monoisotopic (exact) mass is 210 g/mol. The number of rotatable bonds is 2. The minimum Gasteiger partial charge on any atom is -0.496 e. The highest BCUT2D eigenvalue weighted by molar-refractivity contribution is 7.80. The third-order valence-corrected chi connectivity index (χ3v) is 3.00. The van der Waals surface area contributed by atoms with Crippen LogP contribution in [0.2, 0.25) is 0 Å². The van der Waals surface area contributed by atoms with E-state index in [2.05, 4.69) is 46.4 Å². The van der Waals surface area contributed by atoms with Crippen molar-refractivity contribution in [2.75, 3.05) is 7.11 Å². The summed E-state index contributed by atoms with van der Waals surface area (Å²) in [6.07, 6.45) is 0. The van der Waals surface area contributed by atoms with Crippen molar-refractivity contribution in [3.05, 3.63) is 28.3 Å². The molecular formula is C12H18OS. The largest absolute Gasteiger partial charge is 0.496 e. The van der Waals surface area contributed by atoms with Crippen molar-refractivity contribution < 1.29 is 4.74 Å². The molecule has 0 amide bonds. The number of thiol groups is 1. The molecule has 1 nitrogen and oxygen atoms in total. The molecule has 0 aliphatic rings. The Morgan fingerprint density at radius 3 is 2.21 bits per heavy atom. The average molecular weight is 210 g/mol. The van der Waals surface area contributed by atoms with Gasteiger partial charge in [-0.25, -0.2) is 0 Å². The van der Waals surface area contributed by atoms with E-state index in [9.17, 15) is 0 Å². The molecule has 0 aromatic heterocycles. The van der Waals surface area contributed by atoms with Gasteiger partial charge >= 0.3 is 0 Å². The van der Waals surface area contributed by atoms with E-state index in [4.69, 9.17) is 4.74 Å². The van der Waals surface area contributed by atoms with Gasteiger partial charge in [-0.15, -0.1) is 0 Å². The topological polar surface area (TPSA) is 9.23 Å². The van der Waals surface area contributed by atoms with Crippen LogP contribution in [0.1, 0.15) is 34.4 Å². The Hall–Kier alpha value is -0.630. The van der Waals surface area contributed by atoms with Gasteiger partial charge in [-0.05, 0) is 49.9 Å². The van der Waals surface area contributed by atoms with E-state index in [1.54, 1.807) is 7.11 Å². The van der Waals surface area contributed by atoms with Gasteiger partial charge in [-0.3, -0.25) is 0 Å². The van der Waals surface area contributed by atoms with Crippen molar-refractivity contribution in [1.29, 1.82) is 0 Å². The summed E-state index contributed by atoms with van der Waals surface area (Å²) >= 11 is 4.47. The lowest BCUT2D eigenvalue weighted by Crippen LogP contribution is -1.99. The van der Waals surface area contributed by atoms with Crippen LogP contribution in [0.4, 0.5) is 0 Å². The molecule has 0 heterocycles. The van der Waals surface area contributed by atoms with Gasteiger partial charge in [0, 0.05) is 5.25 Å². The Kier molecular flexibility index (Phi) is 3.48. The van der Waals surface area contributed by atoms with Gasteiger partial charge in [0.05, 0.1) is 7.11 Å². The SMILES string of the molecule is COc1c(C)cc(C(C)S)c(C)c1C. The van der Waals surface area contributed by atoms with Gasteiger partial charge in [0.2, 0.25) is 0 Å². The second-order valence-corrected chi connectivity index (χ2v) is 4.52. The summed E-state index contributed by atoms with van der Waals surface area (Å²) in [7, 11) is 1.72. The standard InChI is InChI=1S/C12H18OS/c1-7-6-11(10(4)14)8(2)9(3)12(7)13-5/h6,10,14H,1-5H3. The van der Waals surface area contributed by atoms with Crippen LogP contribution in [0.3, 0.4) is 0 Å². The summed E-state index contributed by atoms with van der Waals surface area (Å²) in [5.74, 6) is 1.00. The molecule has 2 heteroatoms. The Morgan fingerprint density at radius 2 is 1.79 bits per heavy atom. The maximum Gasteiger partial charge on any atom is 0.124 e. The molecule has 0 bridgehead atoms. The van der Waals surface area contributed by atoms with Crippen molar-refractivity contribution in [1.82, 2.24) is 0 Å². The molecule has 1 aromatic carbocycles. The first kappa shape index (κ1) is 11.4. The average Bonchev–Trinajstić information content (AvgIpc) is 2.12. The van der Waals surface area contributed by atoms with E-state index < -0.39 is 0 Å². The molecular weight excluding hydrogens is 192 g/mol. The van der Waals surface area contributed by atoms with Crippen molar-refractivity contribution in [3.8, 4) is 5.75 Å². The highest BCUT2D eigenvalue weighted by Gasteiger charge is 2.12. The number of hydrogen-bond acceptors (Lipinski definition) is 2. The van der Waals surface area contributed by atoms with Gasteiger partial charge in [-0.1, -0.05) is 6.07 Å². The molecule has 1 rings (SSSR count). The second-order valence-electron chi connectivity index (χ2n) is 3.74. The molecule has 0 N–H and O–H groups in total. The van der Waals surface area contributed by atoms with Crippen molar-refractivity contribution in [2.24, 2.45) is 0 Å². The van der Waals surface area contributed by atoms with E-state index in [0.717, 1.165) is 5.75 Å². The summed E-state index contributed by atoms with van der Waals surface area (Å²) in [6, 6.07) is 2.17. The lowest BCUT2D eigenvalue weighted by atomic mass is 9.97. The molecule has 0 saturated heterocycles. The van der Waals surface area contributed by atoms with Crippen LogP contribution in [0.5, 0.6) is 5.75 Å². The fourth-order valence-corrected chi connectivity index (χ4v) is 2.11. The smallest absolute Gasteiger partial charge is 0.124 e. The third-order valence-electron chi connectivity index (χ3n) is 2.72. The van der Waals surface area contributed by atoms with Gasteiger partial charge in [-0.2, -0.15) is 12.6 Å². The minimum atomic E-state index is 0.276. The number of methoxy groups -OCH3 is 1. The van der Waals surface area contributed by atoms with Gasteiger partial charge in [0.1, 0.15) is 5.75 Å². The molecule has 78 valence electrons. The highest BCUT2D eigenvalue weighted by Crippen LogP contribution is 2.33. The van der Waals surface area contributed by atoms with Crippen LogP contribution in [0.25, 0.3) is 0 Å². The summed E-state index contributed by atoms with van der Waals surface area (Å²) < 4.78 is 5.37. The van der Waals surface area contributed by atoms with Crippen LogP contribution in [-0.2, 0) is 0 Å². The van der Waals surface area contributed by atoms with E-state index >= 15 is 0 Å². The van der Waals surface area contributed by atoms with Crippen molar-refractivity contribution in [2.45, 2.75) is 32.9 Å². The first-order valence-electron chi connectivity index (χ1n) is 4.81. The summed E-state index contributed by atoms with van der Waals surface area (Å²) in [4.78, 5) is 0. The van der Waals surface area contributed by atoms with Crippen LogP contribution in [0.15, 0.2) is 6.07 Å². The first-order valence-corrected chi connectivity index (χ1v) is 5.33. The number of hydrogen-bond donors (Lipinski definition) is 1. The van der Waals surface area contributed by atoms with Crippen LogP contribution in [-0.4, -0.2) is 7.11 Å². The molecule has 0 saturated carbocycles. The Bertz CT molecular complexity index is 343. The molecule has 14 heavy (non-hydrogen) atoms. The quantitative estimate of drug-likeness (QED) is 0.734. The van der Waals surface area contributed by atoms with Crippen LogP contribution >= 0.6 is 12.6 Å². The lowest BCUT2D eigenvalue weighted by molar-refractivity contribution is 0.408. The normalized spacial score (nSPS) is 12.7. The molecule has 1 aromatic rings. The van der Waals surface area contributed by atoms with Crippen LogP contribution in [0, 0.1) is 20.8 Å². The van der Waals surface area contributed by atoms with E-state index in [1.807, 2.05) is 0 Å². The molecule has 1 unspecified atom stereocenters. The molecule has 0 fully saturated rings. The predicted molar refractivity (Wildman–Crippen MR) is 64.6 cm³/mol. The number of aryl methyl sites for hydroxylation is 1. The van der Waals surface area contributed by atoms with Crippen molar-refractivity contribution in [3.63, 3.8) is 0 Å². The number of ether oxygens (including phenoxy) is 1. The summed E-state index contributed by atoms with van der Waals surface area (Å²) in [5, 5.41) is 0.276. The fraction of sp³-hybridized carbons (Fsp3) is 0.500. The molecule has 0 aliphatic heterocycles. The summed E-state index contributed by atoms with van der Waals surface area (Å²) in [5.41, 5.74) is 4.99. The Morgan fingerprint density at radius 1 is 1.21 bits per heavy atom. The second kappa shape index (κ2) is 4.26. The van der Waals surface area contributed by atoms with E-state index in [0.29, 0.717) is 0 Å². The first-order chi connectivity index (χ1) is 6.49. The van der Waals surface area contributed by atoms with Gasteiger partial charge in [0.15, 0.2) is 0 Å². The van der Waals surface area contributed by atoms with E-state index in [1.165, 1.54) is 22.3 Å². The zero-order valence-corrected chi connectivity index (χ0v) is 10.4. The molecule has 1 atom stereocenters. The fourth-order valence-electron chi connectivity index (χ4n) is 1.84.